The van der Waals surface area contributed by atoms with Gasteiger partial charge in [0.1, 0.15) is 11.6 Å². The van der Waals surface area contributed by atoms with Gasteiger partial charge in [0.25, 0.3) is 0 Å². The van der Waals surface area contributed by atoms with E-state index in [2.05, 4.69) is 29.0 Å². The zero-order chi connectivity index (χ0) is 19.7. The second kappa shape index (κ2) is 7.92. The van der Waals surface area contributed by atoms with Gasteiger partial charge in [-0.05, 0) is 55.3 Å². The molecule has 0 unspecified atom stereocenters. The molecule has 0 radical (unpaired) electrons. The molecular formula is C23H27FN2O2. The summed E-state index contributed by atoms with van der Waals surface area (Å²) in [6.45, 7) is 1.71. The Kier molecular flexibility index (Phi) is 5.36. The third-order valence-electron chi connectivity index (χ3n) is 6.22. The molecule has 28 heavy (non-hydrogen) atoms. The third kappa shape index (κ3) is 3.63. The molecule has 2 aromatic carbocycles. The molecule has 3 atom stereocenters. The number of carbonyl (C=O) groups excluding carboxylic acids is 1. The zero-order valence-electron chi connectivity index (χ0n) is 16.5. The summed E-state index contributed by atoms with van der Waals surface area (Å²) in [6.07, 6.45) is 2.37. The van der Waals surface area contributed by atoms with E-state index < -0.39 is 0 Å². The Morgan fingerprint density at radius 1 is 1.21 bits per heavy atom. The first-order chi connectivity index (χ1) is 13.6. The van der Waals surface area contributed by atoms with Crippen LogP contribution in [0.5, 0.6) is 5.75 Å². The Balaban J connectivity index is 1.58. The zero-order valence-corrected chi connectivity index (χ0v) is 16.5. The van der Waals surface area contributed by atoms with Crippen LogP contribution in [0, 0.1) is 5.82 Å². The molecule has 0 saturated carbocycles. The van der Waals surface area contributed by atoms with E-state index in [9.17, 15) is 9.18 Å². The molecule has 0 bridgehead atoms. The standard InChI is InChI=1S/C23H27FN2O2/c1-25-15-20(17-8-10-19(28-2)11-9-17)23-21(25)7-4-12-26(23)22(27)14-16-5-3-6-18(24)13-16/h3,5-6,8-11,13,20-21,23H,4,7,12,14-15H2,1-2H3/t20-,21-,23-/m1/s1. The van der Waals surface area contributed by atoms with Crippen LogP contribution < -0.4 is 4.74 Å². The topological polar surface area (TPSA) is 32.8 Å². The molecule has 4 rings (SSSR count). The summed E-state index contributed by atoms with van der Waals surface area (Å²) in [4.78, 5) is 17.6. The predicted octanol–water partition coefficient (Wildman–Crippen LogP) is 3.47. The van der Waals surface area contributed by atoms with Crippen LogP contribution in [0.4, 0.5) is 4.39 Å². The van der Waals surface area contributed by atoms with Crippen LogP contribution in [0.25, 0.3) is 0 Å². The summed E-state index contributed by atoms with van der Waals surface area (Å²) < 4.78 is 18.8. The molecule has 2 heterocycles. The summed E-state index contributed by atoms with van der Waals surface area (Å²) in [6, 6.07) is 15.1. The van der Waals surface area contributed by atoms with Gasteiger partial charge < -0.3 is 14.5 Å². The number of likely N-dealkylation sites (tertiary alicyclic amines) is 2. The van der Waals surface area contributed by atoms with E-state index in [4.69, 9.17) is 4.74 Å². The van der Waals surface area contributed by atoms with Gasteiger partial charge in [0, 0.05) is 25.0 Å². The number of amides is 1. The van der Waals surface area contributed by atoms with E-state index >= 15 is 0 Å². The average molecular weight is 382 g/mol. The Morgan fingerprint density at radius 3 is 2.71 bits per heavy atom. The van der Waals surface area contributed by atoms with Crippen molar-refractivity contribution in [3.63, 3.8) is 0 Å². The van der Waals surface area contributed by atoms with E-state index in [1.807, 2.05) is 18.2 Å². The van der Waals surface area contributed by atoms with Gasteiger partial charge in [-0.25, -0.2) is 4.39 Å². The highest BCUT2D eigenvalue weighted by Gasteiger charge is 2.46. The van der Waals surface area contributed by atoms with Crippen LogP contribution >= 0.6 is 0 Å². The van der Waals surface area contributed by atoms with Crippen LogP contribution in [0.1, 0.15) is 29.9 Å². The number of hydrogen-bond donors (Lipinski definition) is 0. The van der Waals surface area contributed by atoms with Crippen molar-refractivity contribution in [1.82, 2.24) is 9.80 Å². The molecule has 1 amide bonds. The van der Waals surface area contributed by atoms with Crippen LogP contribution in [-0.4, -0.2) is 55.0 Å². The number of piperidine rings is 1. The maximum absolute atomic E-state index is 13.5. The maximum atomic E-state index is 13.5. The summed E-state index contributed by atoms with van der Waals surface area (Å²) in [7, 11) is 3.82. The Bertz CT molecular complexity index is 839. The fourth-order valence-corrected chi connectivity index (χ4v) is 4.89. The number of hydrogen-bond acceptors (Lipinski definition) is 3. The van der Waals surface area contributed by atoms with Crippen molar-refractivity contribution in [1.29, 1.82) is 0 Å². The van der Waals surface area contributed by atoms with Crippen molar-refractivity contribution >= 4 is 5.91 Å². The number of methoxy groups -OCH3 is 1. The number of likely N-dealkylation sites (N-methyl/N-ethyl adjacent to an activating group) is 1. The number of halogens is 1. The fourth-order valence-electron chi connectivity index (χ4n) is 4.89. The highest BCUT2D eigenvalue weighted by Crippen LogP contribution is 2.39. The van der Waals surface area contributed by atoms with Crippen molar-refractivity contribution < 1.29 is 13.9 Å². The van der Waals surface area contributed by atoms with Crippen LogP contribution in [0.2, 0.25) is 0 Å². The highest BCUT2D eigenvalue weighted by molar-refractivity contribution is 5.79. The minimum Gasteiger partial charge on any atom is -0.497 e. The summed E-state index contributed by atoms with van der Waals surface area (Å²) in [5.41, 5.74) is 1.98. The monoisotopic (exact) mass is 382 g/mol. The maximum Gasteiger partial charge on any atom is 0.227 e. The number of rotatable bonds is 4. The Labute approximate surface area is 165 Å². The minimum atomic E-state index is -0.293. The van der Waals surface area contributed by atoms with E-state index in [0.29, 0.717) is 6.04 Å². The van der Waals surface area contributed by atoms with Gasteiger partial charge in [0.15, 0.2) is 0 Å². The van der Waals surface area contributed by atoms with Crippen molar-refractivity contribution in [3.8, 4) is 5.75 Å². The summed E-state index contributed by atoms with van der Waals surface area (Å²) in [5.74, 6) is 0.916. The second-order valence-electron chi connectivity index (χ2n) is 7.91. The first-order valence-electron chi connectivity index (χ1n) is 9.95. The van der Waals surface area contributed by atoms with Gasteiger partial charge in [-0.15, -0.1) is 0 Å². The molecule has 4 nitrogen and oxygen atoms in total. The normalized spacial score (nSPS) is 24.8. The number of carbonyl (C=O) groups is 1. The molecule has 0 aromatic heterocycles. The molecule has 2 saturated heterocycles. The van der Waals surface area contributed by atoms with Crippen LogP contribution in [-0.2, 0) is 11.2 Å². The third-order valence-corrected chi connectivity index (χ3v) is 6.22. The molecule has 2 fully saturated rings. The smallest absolute Gasteiger partial charge is 0.227 e. The molecular weight excluding hydrogens is 355 g/mol. The lowest BCUT2D eigenvalue weighted by molar-refractivity contribution is -0.135. The molecule has 2 aliphatic heterocycles. The van der Waals surface area contributed by atoms with E-state index in [1.165, 1.54) is 17.7 Å². The van der Waals surface area contributed by atoms with Gasteiger partial charge in [0.05, 0.1) is 19.6 Å². The fraction of sp³-hybridized carbons (Fsp3) is 0.435. The van der Waals surface area contributed by atoms with Gasteiger partial charge in [0.2, 0.25) is 5.91 Å². The van der Waals surface area contributed by atoms with Crippen molar-refractivity contribution in [2.45, 2.75) is 37.3 Å². The summed E-state index contributed by atoms with van der Waals surface area (Å²) in [5, 5.41) is 0. The van der Waals surface area contributed by atoms with Gasteiger partial charge in [-0.2, -0.15) is 0 Å². The molecule has 2 aromatic rings. The van der Waals surface area contributed by atoms with Crippen molar-refractivity contribution in [3.05, 3.63) is 65.5 Å². The molecule has 148 valence electrons. The van der Waals surface area contributed by atoms with Crippen molar-refractivity contribution in [2.24, 2.45) is 0 Å². The number of fused-ring (bicyclic) bond motifs is 1. The molecule has 0 N–H and O–H groups in total. The second-order valence-corrected chi connectivity index (χ2v) is 7.91. The lowest BCUT2D eigenvalue weighted by Gasteiger charge is -2.41. The minimum absolute atomic E-state index is 0.0918. The van der Waals surface area contributed by atoms with E-state index in [-0.39, 0.29) is 30.1 Å². The highest BCUT2D eigenvalue weighted by atomic mass is 19.1. The average Bonchev–Trinajstić information content (AvgIpc) is 3.05. The lowest BCUT2D eigenvalue weighted by atomic mass is 9.85. The largest absolute Gasteiger partial charge is 0.497 e. The van der Waals surface area contributed by atoms with Gasteiger partial charge in [-0.1, -0.05) is 24.3 Å². The SMILES string of the molecule is COc1ccc([C@H]2CN(C)[C@@H]3CCCN(C(=O)Cc4cccc(F)c4)[C@H]23)cc1. The summed E-state index contributed by atoms with van der Waals surface area (Å²) >= 11 is 0. The molecule has 0 spiro atoms. The van der Waals surface area contributed by atoms with E-state index in [1.54, 1.807) is 13.2 Å². The quantitative estimate of drug-likeness (QED) is 0.812. The van der Waals surface area contributed by atoms with Crippen LogP contribution in [0.3, 0.4) is 0 Å². The number of benzene rings is 2. The predicted molar refractivity (Wildman–Crippen MR) is 107 cm³/mol. The number of ether oxygens (including phenoxy) is 1. The number of nitrogens with zero attached hydrogens (tertiary/aromatic N) is 2. The molecule has 0 aliphatic carbocycles. The molecule has 5 heteroatoms. The van der Waals surface area contributed by atoms with Gasteiger partial charge in [-0.3, -0.25) is 4.79 Å². The Hall–Kier alpha value is -2.40. The first kappa shape index (κ1) is 18.9. The first-order valence-corrected chi connectivity index (χ1v) is 9.95. The van der Waals surface area contributed by atoms with Crippen molar-refractivity contribution in [2.75, 3.05) is 27.2 Å². The van der Waals surface area contributed by atoms with Crippen LogP contribution in [0.15, 0.2) is 48.5 Å². The molecule has 2 aliphatic rings. The van der Waals surface area contributed by atoms with Gasteiger partial charge >= 0.3 is 0 Å². The lowest BCUT2D eigenvalue weighted by Crippen LogP contribution is -2.53. The van der Waals surface area contributed by atoms with E-state index in [0.717, 1.165) is 37.2 Å². The Morgan fingerprint density at radius 2 is 2.00 bits per heavy atom.